The Bertz CT molecular complexity index is 874. The molecular formula is C18H25N7O2. The molecule has 0 atom stereocenters. The highest BCUT2D eigenvalue weighted by Crippen LogP contribution is 2.38. The second kappa shape index (κ2) is 8.15. The Morgan fingerprint density at radius 2 is 2.04 bits per heavy atom. The highest BCUT2D eigenvalue weighted by Gasteiger charge is 2.25. The summed E-state index contributed by atoms with van der Waals surface area (Å²) < 4.78 is 1.32. The zero-order valence-corrected chi connectivity index (χ0v) is 15.9. The lowest BCUT2D eigenvalue weighted by Crippen LogP contribution is -2.35. The summed E-state index contributed by atoms with van der Waals surface area (Å²) in [5.41, 5.74) is 1.50. The van der Waals surface area contributed by atoms with Crippen molar-refractivity contribution in [3.8, 4) is 0 Å². The lowest BCUT2D eigenvalue weighted by Gasteiger charge is -2.14. The van der Waals surface area contributed by atoms with E-state index in [9.17, 15) is 9.59 Å². The lowest BCUT2D eigenvalue weighted by atomic mass is 10.3. The summed E-state index contributed by atoms with van der Waals surface area (Å²) in [6, 6.07) is 3.43. The van der Waals surface area contributed by atoms with Crippen molar-refractivity contribution in [2.75, 3.05) is 37.4 Å². The van der Waals surface area contributed by atoms with E-state index >= 15 is 0 Å². The van der Waals surface area contributed by atoms with Crippen molar-refractivity contribution < 1.29 is 4.79 Å². The van der Waals surface area contributed by atoms with Crippen molar-refractivity contribution in [1.29, 1.82) is 0 Å². The number of rotatable bonds is 8. The van der Waals surface area contributed by atoms with E-state index in [0.717, 1.165) is 30.0 Å². The molecule has 1 aliphatic carbocycles. The molecule has 1 saturated carbocycles. The molecule has 27 heavy (non-hydrogen) atoms. The summed E-state index contributed by atoms with van der Waals surface area (Å²) >= 11 is 0. The molecule has 0 bridgehead atoms. The number of aromatic nitrogens is 4. The first-order valence-corrected chi connectivity index (χ1v) is 9.02. The minimum absolute atomic E-state index is 0.0392. The summed E-state index contributed by atoms with van der Waals surface area (Å²) in [6.45, 7) is 2.75. The van der Waals surface area contributed by atoms with Gasteiger partial charge in [0.2, 0.25) is 11.9 Å². The Balaban J connectivity index is 1.45. The first-order valence-electron chi connectivity index (χ1n) is 9.02. The molecule has 2 N–H and O–H groups in total. The highest BCUT2D eigenvalue weighted by atomic mass is 16.2. The Kier molecular flexibility index (Phi) is 5.68. The molecule has 0 aromatic carbocycles. The van der Waals surface area contributed by atoms with E-state index in [4.69, 9.17) is 0 Å². The summed E-state index contributed by atoms with van der Waals surface area (Å²) in [7, 11) is 3.83. The summed E-state index contributed by atoms with van der Waals surface area (Å²) in [6.07, 6.45) is 3.63. The molecule has 2 aromatic rings. The third-order valence-electron chi connectivity index (χ3n) is 4.24. The maximum Gasteiger partial charge on any atom is 0.254 e. The normalized spacial score (nSPS) is 13.3. The summed E-state index contributed by atoms with van der Waals surface area (Å²) in [5.74, 6) is 1.52. The van der Waals surface area contributed by atoms with Crippen LogP contribution < -0.4 is 21.1 Å². The maximum atomic E-state index is 12.1. The number of carbonyl (C=O) groups is 1. The van der Waals surface area contributed by atoms with Gasteiger partial charge in [-0.25, -0.2) is 9.97 Å². The quantitative estimate of drug-likeness (QED) is 0.652. The third-order valence-corrected chi connectivity index (χ3v) is 4.24. The first-order chi connectivity index (χ1) is 12.9. The van der Waals surface area contributed by atoms with E-state index in [0.29, 0.717) is 25.0 Å². The molecule has 0 spiro atoms. The average molecular weight is 371 g/mol. The number of carbonyl (C=O) groups excluding carboxylic acids is 1. The van der Waals surface area contributed by atoms with Crippen molar-refractivity contribution in [3.05, 3.63) is 40.2 Å². The van der Waals surface area contributed by atoms with E-state index in [2.05, 4.69) is 25.6 Å². The van der Waals surface area contributed by atoms with Crippen molar-refractivity contribution in [1.82, 2.24) is 24.8 Å². The molecule has 1 fully saturated rings. The van der Waals surface area contributed by atoms with Crippen LogP contribution in [0.1, 0.15) is 30.1 Å². The lowest BCUT2D eigenvalue weighted by molar-refractivity contribution is -0.121. The van der Waals surface area contributed by atoms with Crippen LogP contribution in [-0.4, -0.2) is 52.6 Å². The van der Waals surface area contributed by atoms with Crippen LogP contribution in [0.5, 0.6) is 0 Å². The number of nitrogens with one attached hydrogen (secondary N) is 2. The summed E-state index contributed by atoms with van der Waals surface area (Å²) in [5, 5.41) is 5.87. The van der Waals surface area contributed by atoms with Gasteiger partial charge in [0.15, 0.2) is 0 Å². The number of anilines is 2. The zero-order chi connectivity index (χ0) is 19.4. The van der Waals surface area contributed by atoms with Crippen LogP contribution in [-0.2, 0) is 11.3 Å². The highest BCUT2D eigenvalue weighted by molar-refractivity contribution is 5.75. The van der Waals surface area contributed by atoms with Gasteiger partial charge in [-0.1, -0.05) is 0 Å². The number of hydrogen-bond donors (Lipinski definition) is 2. The van der Waals surface area contributed by atoms with Crippen LogP contribution in [0.25, 0.3) is 0 Å². The number of nitrogens with zero attached hydrogens (tertiary/aromatic N) is 5. The molecule has 2 heterocycles. The van der Waals surface area contributed by atoms with Crippen LogP contribution >= 0.6 is 0 Å². The third kappa shape index (κ3) is 5.25. The van der Waals surface area contributed by atoms with Crippen molar-refractivity contribution >= 4 is 17.7 Å². The van der Waals surface area contributed by atoms with Gasteiger partial charge in [-0.3, -0.25) is 14.2 Å². The summed E-state index contributed by atoms with van der Waals surface area (Å²) in [4.78, 5) is 39.0. The van der Waals surface area contributed by atoms with Gasteiger partial charge in [0, 0.05) is 50.9 Å². The predicted octanol–water partition coefficient (Wildman–Crippen LogP) is 0.513. The first kappa shape index (κ1) is 18.8. The van der Waals surface area contributed by atoms with Gasteiger partial charge in [0.1, 0.15) is 12.4 Å². The van der Waals surface area contributed by atoms with Gasteiger partial charge in [-0.2, -0.15) is 4.98 Å². The molecular weight excluding hydrogens is 346 g/mol. The van der Waals surface area contributed by atoms with Crippen LogP contribution in [0.3, 0.4) is 0 Å². The van der Waals surface area contributed by atoms with Crippen LogP contribution in [0.4, 0.5) is 11.8 Å². The van der Waals surface area contributed by atoms with Crippen LogP contribution in [0.2, 0.25) is 0 Å². The molecule has 0 radical (unpaired) electrons. The Hall–Kier alpha value is -2.97. The van der Waals surface area contributed by atoms with E-state index in [-0.39, 0.29) is 18.0 Å². The standard InChI is InChI=1S/C18H25N7O2/c1-12-8-15(24(2)3)23-18(22-12)20-7-6-19-16(26)10-25-11-21-14(9-17(25)27)13-4-5-13/h8-9,11,13H,4-7,10H2,1-3H3,(H,19,26)(H,20,22,23). The fourth-order valence-electron chi connectivity index (χ4n) is 2.61. The molecule has 9 nitrogen and oxygen atoms in total. The van der Waals surface area contributed by atoms with Gasteiger partial charge in [0.25, 0.3) is 5.56 Å². The fraction of sp³-hybridized carbons (Fsp3) is 0.500. The Morgan fingerprint density at radius 3 is 2.70 bits per heavy atom. The second-order valence-corrected chi connectivity index (χ2v) is 6.92. The molecule has 144 valence electrons. The molecule has 2 aromatic heterocycles. The number of amides is 1. The zero-order valence-electron chi connectivity index (χ0n) is 15.9. The molecule has 1 amide bonds. The molecule has 9 heteroatoms. The largest absolute Gasteiger partial charge is 0.363 e. The Labute approximate surface area is 157 Å². The van der Waals surface area contributed by atoms with Crippen LogP contribution in [0.15, 0.2) is 23.3 Å². The molecule has 3 rings (SSSR count). The number of hydrogen-bond acceptors (Lipinski definition) is 7. The maximum absolute atomic E-state index is 12.1. The van der Waals surface area contributed by atoms with Crippen molar-refractivity contribution in [2.45, 2.75) is 32.2 Å². The fourth-order valence-corrected chi connectivity index (χ4v) is 2.61. The minimum atomic E-state index is -0.237. The van der Waals surface area contributed by atoms with E-state index in [1.165, 1.54) is 17.0 Å². The van der Waals surface area contributed by atoms with Gasteiger partial charge in [-0.15, -0.1) is 0 Å². The Morgan fingerprint density at radius 1 is 1.26 bits per heavy atom. The van der Waals surface area contributed by atoms with Crippen LogP contribution in [0, 0.1) is 6.92 Å². The molecule has 0 saturated heterocycles. The molecule has 0 unspecified atom stereocenters. The SMILES string of the molecule is Cc1cc(N(C)C)nc(NCCNC(=O)Cn2cnc(C3CC3)cc2=O)n1. The van der Waals surface area contributed by atoms with Gasteiger partial charge in [-0.05, 0) is 19.8 Å². The average Bonchev–Trinajstić information content (AvgIpc) is 3.45. The van der Waals surface area contributed by atoms with E-state index in [1.807, 2.05) is 32.0 Å². The minimum Gasteiger partial charge on any atom is -0.363 e. The van der Waals surface area contributed by atoms with E-state index < -0.39 is 0 Å². The second-order valence-electron chi connectivity index (χ2n) is 6.92. The topological polar surface area (TPSA) is 105 Å². The van der Waals surface area contributed by atoms with E-state index in [1.54, 1.807) is 0 Å². The molecule has 0 aliphatic heterocycles. The van der Waals surface area contributed by atoms with Gasteiger partial charge in [0.05, 0.1) is 12.0 Å². The van der Waals surface area contributed by atoms with Gasteiger partial charge < -0.3 is 15.5 Å². The van der Waals surface area contributed by atoms with Crippen molar-refractivity contribution in [2.24, 2.45) is 0 Å². The van der Waals surface area contributed by atoms with Crippen molar-refractivity contribution in [3.63, 3.8) is 0 Å². The predicted molar refractivity (Wildman–Crippen MR) is 103 cm³/mol. The number of aryl methyl sites for hydroxylation is 1. The van der Waals surface area contributed by atoms with Gasteiger partial charge >= 0.3 is 0 Å². The monoisotopic (exact) mass is 371 g/mol. The smallest absolute Gasteiger partial charge is 0.254 e. The molecule has 1 aliphatic rings.